The fraction of sp³-hybridized carbons (Fsp3) is 0.400. The van der Waals surface area contributed by atoms with E-state index in [1.165, 1.54) is 0 Å². The summed E-state index contributed by atoms with van der Waals surface area (Å²) in [7, 11) is 0. The van der Waals surface area contributed by atoms with Crippen molar-refractivity contribution in [1.29, 1.82) is 0 Å². The molecule has 0 spiro atoms. The van der Waals surface area contributed by atoms with Crippen LogP contribution in [0.25, 0.3) is 0 Å². The van der Waals surface area contributed by atoms with Gasteiger partial charge < -0.3 is 9.52 Å². The van der Waals surface area contributed by atoms with Crippen LogP contribution in [0.5, 0.6) is 0 Å². The van der Waals surface area contributed by atoms with Gasteiger partial charge in [0.25, 0.3) is 0 Å². The van der Waals surface area contributed by atoms with Gasteiger partial charge >= 0.3 is 12.1 Å². The Balaban J connectivity index is 2.65. The topological polar surface area (TPSA) is 88.2 Å². The average molecular weight is 157 g/mol. The highest BCUT2D eigenvalue weighted by molar-refractivity contribution is 5.79. The summed E-state index contributed by atoms with van der Waals surface area (Å²) in [5.41, 5.74) is 0. The minimum Gasteiger partial charge on any atom is -0.465 e. The molecule has 1 aromatic heterocycles. The van der Waals surface area contributed by atoms with Crippen molar-refractivity contribution in [2.24, 2.45) is 0 Å². The molecule has 0 unspecified atom stereocenters. The molecule has 2 N–H and O–H groups in total. The number of carboxylic acid groups (broad SMARTS) is 1. The van der Waals surface area contributed by atoms with E-state index in [0.717, 1.165) is 0 Å². The number of rotatable bonds is 2. The lowest BCUT2D eigenvalue weighted by Crippen LogP contribution is -2.07. The molecule has 6 nitrogen and oxygen atoms in total. The van der Waals surface area contributed by atoms with Crippen LogP contribution in [0.1, 0.15) is 12.8 Å². The SMILES string of the molecule is CCc1nnc(NC(=O)O)o1. The Labute approximate surface area is 62.2 Å². The summed E-state index contributed by atoms with van der Waals surface area (Å²) in [5, 5.41) is 17.1. The number of aromatic nitrogens is 2. The van der Waals surface area contributed by atoms with Gasteiger partial charge in [0, 0.05) is 6.42 Å². The molecule has 0 aromatic carbocycles. The maximum absolute atomic E-state index is 10.0. The van der Waals surface area contributed by atoms with Gasteiger partial charge in [0.15, 0.2) is 0 Å². The molecule has 6 heteroatoms. The average Bonchev–Trinajstić information content (AvgIpc) is 2.34. The number of amides is 1. The van der Waals surface area contributed by atoms with E-state index < -0.39 is 6.09 Å². The molecule has 0 saturated heterocycles. The number of nitrogens with one attached hydrogen (secondary N) is 1. The predicted molar refractivity (Wildman–Crippen MR) is 35.3 cm³/mol. The van der Waals surface area contributed by atoms with Crippen LogP contribution in [0, 0.1) is 0 Å². The van der Waals surface area contributed by atoms with Crippen LogP contribution < -0.4 is 5.32 Å². The molecule has 1 aromatic rings. The lowest BCUT2D eigenvalue weighted by atomic mass is 10.5. The molecule has 1 rings (SSSR count). The molecule has 0 bridgehead atoms. The van der Waals surface area contributed by atoms with E-state index in [0.29, 0.717) is 12.3 Å². The third-order valence-electron chi connectivity index (χ3n) is 0.983. The molecular formula is C5H7N3O3. The normalized spacial score (nSPS) is 9.55. The summed E-state index contributed by atoms with van der Waals surface area (Å²) in [5.74, 6) is 0.411. The molecule has 0 fully saturated rings. The van der Waals surface area contributed by atoms with Crippen molar-refractivity contribution in [2.75, 3.05) is 5.32 Å². The number of anilines is 1. The van der Waals surface area contributed by atoms with Gasteiger partial charge in [-0.1, -0.05) is 12.0 Å². The summed E-state index contributed by atoms with van der Waals surface area (Å²) in [6.07, 6.45) is -0.620. The predicted octanol–water partition coefficient (Wildman–Crippen LogP) is 0.722. The van der Waals surface area contributed by atoms with Crippen LogP contribution >= 0.6 is 0 Å². The second-order valence-corrected chi connectivity index (χ2v) is 1.78. The Kier molecular flexibility index (Phi) is 2.05. The van der Waals surface area contributed by atoms with Crippen molar-refractivity contribution in [3.05, 3.63) is 5.89 Å². The third kappa shape index (κ3) is 1.92. The smallest absolute Gasteiger partial charge is 0.412 e. The van der Waals surface area contributed by atoms with E-state index in [2.05, 4.69) is 10.2 Å². The van der Waals surface area contributed by atoms with Crippen molar-refractivity contribution in [1.82, 2.24) is 10.2 Å². The number of hydrogen-bond acceptors (Lipinski definition) is 4. The first kappa shape index (κ1) is 7.52. The van der Waals surface area contributed by atoms with Gasteiger partial charge in [0.2, 0.25) is 5.89 Å². The monoisotopic (exact) mass is 157 g/mol. The van der Waals surface area contributed by atoms with Crippen molar-refractivity contribution in [3.63, 3.8) is 0 Å². The van der Waals surface area contributed by atoms with Crippen molar-refractivity contribution in [2.45, 2.75) is 13.3 Å². The summed E-state index contributed by atoms with van der Waals surface area (Å²) < 4.78 is 4.83. The fourth-order valence-electron chi connectivity index (χ4n) is 0.538. The number of aryl methyl sites for hydroxylation is 1. The summed E-state index contributed by atoms with van der Waals surface area (Å²) >= 11 is 0. The van der Waals surface area contributed by atoms with Crippen molar-refractivity contribution < 1.29 is 14.3 Å². The molecule has 0 aliphatic rings. The van der Waals surface area contributed by atoms with E-state index in [4.69, 9.17) is 9.52 Å². The summed E-state index contributed by atoms with van der Waals surface area (Å²) in [6.45, 7) is 1.83. The van der Waals surface area contributed by atoms with Crippen LogP contribution in [0.2, 0.25) is 0 Å². The van der Waals surface area contributed by atoms with Gasteiger partial charge in [-0.15, -0.1) is 5.10 Å². The maximum Gasteiger partial charge on any atom is 0.412 e. The quantitative estimate of drug-likeness (QED) is 0.660. The van der Waals surface area contributed by atoms with Crippen LogP contribution in [0.15, 0.2) is 4.42 Å². The minimum atomic E-state index is -1.21. The zero-order chi connectivity index (χ0) is 8.27. The summed E-state index contributed by atoms with van der Waals surface area (Å²) in [6, 6.07) is -0.0886. The molecule has 0 saturated carbocycles. The summed E-state index contributed by atoms with van der Waals surface area (Å²) in [4.78, 5) is 10.0. The largest absolute Gasteiger partial charge is 0.465 e. The first-order valence-corrected chi connectivity index (χ1v) is 3.04. The second-order valence-electron chi connectivity index (χ2n) is 1.78. The van der Waals surface area contributed by atoms with Crippen molar-refractivity contribution in [3.8, 4) is 0 Å². The number of carbonyl (C=O) groups is 1. The Morgan fingerprint density at radius 2 is 2.45 bits per heavy atom. The highest BCUT2D eigenvalue weighted by atomic mass is 16.4. The highest BCUT2D eigenvalue weighted by Crippen LogP contribution is 2.04. The second kappa shape index (κ2) is 3.00. The van der Waals surface area contributed by atoms with E-state index in [1.807, 2.05) is 12.2 Å². The molecule has 1 amide bonds. The number of hydrogen-bond donors (Lipinski definition) is 2. The van der Waals surface area contributed by atoms with Gasteiger partial charge in [0.05, 0.1) is 0 Å². The Morgan fingerprint density at radius 3 is 2.91 bits per heavy atom. The Hall–Kier alpha value is -1.59. The van der Waals surface area contributed by atoms with Crippen LogP contribution in [-0.2, 0) is 6.42 Å². The van der Waals surface area contributed by atoms with Crippen LogP contribution in [-0.4, -0.2) is 21.4 Å². The molecule has 0 atom stereocenters. The molecular weight excluding hydrogens is 150 g/mol. The number of nitrogens with zero attached hydrogens (tertiary/aromatic N) is 2. The molecule has 1 heterocycles. The zero-order valence-corrected chi connectivity index (χ0v) is 5.87. The van der Waals surface area contributed by atoms with E-state index in [-0.39, 0.29) is 6.01 Å². The van der Waals surface area contributed by atoms with Gasteiger partial charge in [-0.3, -0.25) is 0 Å². The molecule has 0 radical (unpaired) electrons. The fourth-order valence-corrected chi connectivity index (χ4v) is 0.538. The molecule has 11 heavy (non-hydrogen) atoms. The van der Waals surface area contributed by atoms with Crippen LogP contribution in [0.3, 0.4) is 0 Å². The van der Waals surface area contributed by atoms with Gasteiger partial charge in [-0.2, -0.15) is 0 Å². The molecule has 60 valence electrons. The third-order valence-corrected chi connectivity index (χ3v) is 0.983. The van der Waals surface area contributed by atoms with E-state index in [9.17, 15) is 4.79 Å². The molecule has 0 aliphatic carbocycles. The minimum absolute atomic E-state index is 0.0886. The van der Waals surface area contributed by atoms with Crippen molar-refractivity contribution >= 4 is 12.1 Å². The van der Waals surface area contributed by atoms with Crippen LogP contribution in [0.4, 0.5) is 10.8 Å². The first-order chi connectivity index (χ1) is 5.22. The lowest BCUT2D eigenvalue weighted by molar-refractivity contribution is 0.209. The highest BCUT2D eigenvalue weighted by Gasteiger charge is 2.05. The van der Waals surface area contributed by atoms with Gasteiger partial charge in [-0.25, -0.2) is 10.1 Å². The Morgan fingerprint density at radius 1 is 1.73 bits per heavy atom. The lowest BCUT2D eigenvalue weighted by Gasteiger charge is -1.88. The van der Waals surface area contributed by atoms with E-state index in [1.54, 1.807) is 0 Å². The first-order valence-electron chi connectivity index (χ1n) is 3.04. The molecule has 0 aliphatic heterocycles. The van der Waals surface area contributed by atoms with Gasteiger partial charge in [0.1, 0.15) is 0 Å². The Bertz CT molecular complexity index is 257. The van der Waals surface area contributed by atoms with E-state index >= 15 is 0 Å². The standard InChI is InChI=1S/C5H7N3O3/c1-2-3-7-8-4(11-3)6-5(9)10/h2H2,1H3,(H,6,8)(H,9,10). The van der Waals surface area contributed by atoms with Gasteiger partial charge in [-0.05, 0) is 0 Å². The maximum atomic E-state index is 10.0. The zero-order valence-electron chi connectivity index (χ0n) is 5.87.